The molecule has 1 fully saturated rings. The maximum atomic E-state index is 12.4. The predicted octanol–water partition coefficient (Wildman–Crippen LogP) is 3.25. The van der Waals surface area contributed by atoms with Crippen LogP contribution in [0.2, 0.25) is 0 Å². The molecule has 1 saturated heterocycles. The molecule has 0 aliphatic carbocycles. The molecule has 1 amide bonds. The van der Waals surface area contributed by atoms with Gasteiger partial charge in [-0.2, -0.15) is 5.10 Å². The Morgan fingerprint density at radius 2 is 1.82 bits per heavy atom. The Morgan fingerprint density at radius 3 is 2.50 bits per heavy atom. The predicted molar refractivity (Wildman–Crippen MR) is 113 cm³/mol. The Kier molecular flexibility index (Phi) is 6.85. The lowest BCUT2D eigenvalue weighted by Gasteiger charge is -2.09. The molecule has 1 aliphatic heterocycles. The van der Waals surface area contributed by atoms with E-state index in [2.05, 4.69) is 34.9 Å². The van der Waals surface area contributed by atoms with E-state index in [-0.39, 0.29) is 24.2 Å². The van der Waals surface area contributed by atoms with Gasteiger partial charge in [0.2, 0.25) is 5.91 Å². The summed E-state index contributed by atoms with van der Waals surface area (Å²) in [6.45, 7) is 2.89. The van der Waals surface area contributed by atoms with Gasteiger partial charge in [-0.15, -0.1) is 12.4 Å². The Morgan fingerprint density at radius 1 is 1.11 bits per heavy atom. The van der Waals surface area contributed by atoms with Gasteiger partial charge in [-0.05, 0) is 18.5 Å². The van der Waals surface area contributed by atoms with E-state index in [1.165, 1.54) is 5.56 Å². The van der Waals surface area contributed by atoms with E-state index in [1.807, 2.05) is 47.3 Å². The molecule has 2 N–H and O–H groups in total. The van der Waals surface area contributed by atoms with Gasteiger partial charge in [0.05, 0.1) is 18.2 Å². The third kappa shape index (κ3) is 4.80. The quantitative estimate of drug-likeness (QED) is 0.672. The third-order valence-electron chi connectivity index (χ3n) is 4.96. The fraction of sp³-hybridized carbons (Fsp3) is 0.273. The minimum atomic E-state index is 0. The zero-order valence-electron chi connectivity index (χ0n) is 15.7. The Balaban J connectivity index is 0.00000225. The molecule has 0 spiro atoms. The van der Waals surface area contributed by atoms with Crippen molar-refractivity contribution in [2.75, 3.05) is 13.1 Å². The SMILES string of the molecule is Cl.O=C(NCc1cn(Cc2ccccc2)nc1-c1ccccc1)C1CCNC1. The molecule has 0 bridgehead atoms. The third-order valence-corrected chi connectivity index (χ3v) is 4.96. The molecule has 1 atom stereocenters. The van der Waals surface area contributed by atoms with Crippen LogP contribution in [0.5, 0.6) is 0 Å². The van der Waals surface area contributed by atoms with Crippen molar-refractivity contribution in [1.29, 1.82) is 0 Å². The van der Waals surface area contributed by atoms with Crippen LogP contribution < -0.4 is 10.6 Å². The van der Waals surface area contributed by atoms with Crippen molar-refractivity contribution in [3.05, 3.63) is 78.0 Å². The molecule has 1 aromatic heterocycles. The van der Waals surface area contributed by atoms with Gasteiger partial charge in [0.1, 0.15) is 0 Å². The number of nitrogens with one attached hydrogen (secondary N) is 2. The van der Waals surface area contributed by atoms with Gasteiger partial charge in [0, 0.05) is 30.4 Å². The van der Waals surface area contributed by atoms with E-state index in [4.69, 9.17) is 5.10 Å². The van der Waals surface area contributed by atoms with Crippen molar-refractivity contribution in [3.63, 3.8) is 0 Å². The number of benzene rings is 2. The van der Waals surface area contributed by atoms with Crippen molar-refractivity contribution < 1.29 is 4.79 Å². The highest BCUT2D eigenvalue weighted by Crippen LogP contribution is 2.22. The summed E-state index contributed by atoms with van der Waals surface area (Å²) in [6.07, 6.45) is 2.95. The average molecular weight is 397 g/mol. The maximum absolute atomic E-state index is 12.4. The zero-order valence-corrected chi connectivity index (χ0v) is 16.5. The van der Waals surface area contributed by atoms with Crippen molar-refractivity contribution in [2.45, 2.75) is 19.5 Å². The van der Waals surface area contributed by atoms with E-state index in [0.717, 1.165) is 36.3 Å². The number of rotatable bonds is 6. The highest BCUT2D eigenvalue weighted by atomic mass is 35.5. The molecular weight excluding hydrogens is 372 g/mol. The van der Waals surface area contributed by atoms with Crippen molar-refractivity contribution in [2.24, 2.45) is 5.92 Å². The van der Waals surface area contributed by atoms with Crippen LogP contribution >= 0.6 is 12.4 Å². The fourth-order valence-electron chi connectivity index (χ4n) is 3.49. The van der Waals surface area contributed by atoms with Crippen molar-refractivity contribution in [3.8, 4) is 11.3 Å². The minimum Gasteiger partial charge on any atom is -0.352 e. The van der Waals surface area contributed by atoms with Crippen LogP contribution in [-0.4, -0.2) is 28.8 Å². The van der Waals surface area contributed by atoms with Crippen LogP contribution in [0.15, 0.2) is 66.9 Å². The largest absolute Gasteiger partial charge is 0.352 e. The topological polar surface area (TPSA) is 59.0 Å². The van der Waals surface area contributed by atoms with Crippen molar-refractivity contribution >= 4 is 18.3 Å². The summed E-state index contributed by atoms with van der Waals surface area (Å²) in [7, 11) is 0. The Hall–Kier alpha value is -2.63. The van der Waals surface area contributed by atoms with Crippen LogP contribution in [0.1, 0.15) is 17.5 Å². The maximum Gasteiger partial charge on any atom is 0.224 e. The number of nitrogens with zero attached hydrogens (tertiary/aromatic N) is 2. The summed E-state index contributed by atoms with van der Waals surface area (Å²) in [5, 5.41) is 11.1. The highest BCUT2D eigenvalue weighted by molar-refractivity contribution is 5.85. The number of hydrogen-bond donors (Lipinski definition) is 2. The van der Waals surface area contributed by atoms with E-state index >= 15 is 0 Å². The molecule has 5 nitrogen and oxygen atoms in total. The number of halogens is 1. The molecule has 146 valence electrons. The summed E-state index contributed by atoms with van der Waals surface area (Å²) in [5.41, 5.74) is 4.23. The molecule has 3 aromatic rings. The van der Waals surface area contributed by atoms with Crippen LogP contribution in [0, 0.1) is 5.92 Å². The monoisotopic (exact) mass is 396 g/mol. The molecule has 2 heterocycles. The van der Waals surface area contributed by atoms with Gasteiger partial charge < -0.3 is 10.6 Å². The smallest absolute Gasteiger partial charge is 0.224 e. The molecule has 1 unspecified atom stereocenters. The summed E-state index contributed by atoms with van der Waals surface area (Å²) >= 11 is 0. The first-order valence-corrected chi connectivity index (χ1v) is 9.44. The summed E-state index contributed by atoms with van der Waals surface area (Å²) in [4.78, 5) is 12.4. The first-order valence-electron chi connectivity index (χ1n) is 9.44. The molecule has 0 saturated carbocycles. The Bertz CT molecular complexity index is 889. The number of aromatic nitrogens is 2. The molecule has 6 heteroatoms. The summed E-state index contributed by atoms with van der Waals surface area (Å²) < 4.78 is 1.95. The number of carbonyl (C=O) groups excluding carboxylic acids is 1. The lowest BCUT2D eigenvalue weighted by molar-refractivity contribution is -0.124. The number of carbonyl (C=O) groups is 1. The van der Waals surface area contributed by atoms with Gasteiger partial charge in [0.15, 0.2) is 0 Å². The highest BCUT2D eigenvalue weighted by Gasteiger charge is 2.22. The van der Waals surface area contributed by atoms with Crippen LogP contribution in [0.25, 0.3) is 11.3 Å². The molecule has 4 rings (SSSR count). The summed E-state index contributed by atoms with van der Waals surface area (Å²) in [6, 6.07) is 20.4. The first kappa shape index (κ1) is 20.1. The van der Waals surface area contributed by atoms with E-state index in [9.17, 15) is 4.79 Å². The zero-order chi connectivity index (χ0) is 18.5. The van der Waals surface area contributed by atoms with Gasteiger partial charge >= 0.3 is 0 Å². The van der Waals surface area contributed by atoms with Crippen LogP contribution in [0.4, 0.5) is 0 Å². The second-order valence-corrected chi connectivity index (χ2v) is 6.96. The average Bonchev–Trinajstić information content (AvgIpc) is 3.38. The van der Waals surface area contributed by atoms with E-state index < -0.39 is 0 Å². The van der Waals surface area contributed by atoms with Gasteiger partial charge in [-0.3, -0.25) is 9.48 Å². The van der Waals surface area contributed by atoms with E-state index in [1.54, 1.807) is 0 Å². The van der Waals surface area contributed by atoms with Crippen molar-refractivity contribution in [1.82, 2.24) is 20.4 Å². The fourth-order valence-corrected chi connectivity index (χ4v) is 3.49. The van der Waals surface area contributed by atoms with Gasteiger partial charge in [-0.25, -0.2) is 0 Å². The van der Waals surface area contributed by atoms with Crippen LogP contribution in [-0.2, 0) is 17.9 Å². The molecule has 2 aromatic carbocycles. The lowest BCUT2D eigenvalue weighted by atomic mass is 10.1. The molecular formula is C22H25ClN4O. The van der Waals surface area contributed by atoms with Gasteiger partial charge in [0.25, 0.3) is 0 Å². The van der Waals surface area contributed by atoms with Gasteiger partial charge in [-0.1, -0.05) is 60.7 Å². The second-order valence-electron chi connectivity index (χ2n) is 6.96. The molecule has 0 radical (unpaired) electrons. The number of amides is 1. The normalized spacial score (nSPS) is 15.8. The lowest BCUT2D eigenvalue weighted by Crippen LogP contribution is -2.31. The summed E-state index contributed by atoms with van der Waals surface area (Å²) in [5.74, 6) is 0.194. The molecule has 28 heavy (non-hydrogen) atoms. The first-order chi connectivity index (χ1) is 13.3. The van der Waals surface area contributed by atoms with Crippen LogP contribution in [0.3, 0.4) is 0 Å². The minimum absolute atomic E-state index is 0. The molecule has 1 aliphatic rings. The standard InChI is InChI=1S/C22H24N4O.ClH/c27-22(19-11-12-23-13-19)24-14-20-16-26(15-17-7-3-1-4-8-17)25-21(20)18-9-5-2-6-10-18;/h1-10,16,19,23H,11-15H2,(H,24,27);1H. The Labute approximate surface area is 171 Å². The number of hydrogen-bond acceptors (Lipinski definition) is 3. The second kappa shape index (κ2) is 9.53. The van der Waals surface area contributed by atoms with E-state index in [0.29, 0.717) is 13.1 Å².